The molecule has 3 aromatic carbocycles. The number of benzene rings is 3. The van der Waals surface area contributed by atoms with Crippen LogP contribution in [0.3, 0.4) is 0 Å². The Bertz CT molecular complexity index is 2100. The summed E-state index contributed by atoms with van der Waals surface area (Å²) in [5.74, 6) is 2.34. The molecule has 4 aromatic heterocycles. The van der Waals surface area contributed by atoms with Gasteiger partial charge >= 0.3 is 0 Å². The van der Waals surface area contributed by atoms with Gasteiger partial charge in [0, 0.05) is 49.0 Å². The molecular formula is C49H50N4S3. The van der Waals surface area contributed by atoms with E-state index in [-0.39, 0.29) is 0 Å². The van der Waals surface area contributed by atoms with Crippen LogP contribution in [0.4, 0.5) is 17.1 Å². The maximum atomic E-state index is 4.97. The number of nitrogens with zero attached hydrogens (tertiary/aromatic N) is 4. The van der Waals surface area contributed by atoms with Gasteiger partial charge in [-0.15, -0.1) is 34.9 Å². The largest absolute Gasteiger partial charge is 0.311 e. The van der Waals surface area contributed by atoms with Crippen molar-refractivity contribution in [2.75, 3.05) is 16.4 Å². The van der Waals surface area contributed by atoms with Gasteiger partial charge in [0.05, 0.1) is 22.8 Å². The minimum atomic E-state index is 0.834. The fraction of sp³-hybridized carbons (Fsp3) is 0.245. The fourth-order valence-electron chi connectivity index (χ4n) is 6.65. The van der Waals surface area contributed by atoms with Crippen LogP contribution < -0.4 is 4.90 Å². The molecule has 7 rings (SSSR count). The molecule has 0 bridgehead atoms. The lowest BCUT2D eigenvalue weighted by Gasteiger charge is -2.26. The first kappa shape index (κ1) is 39.5. The molecule has 7 heteroatoms. The molecule has 56 heavy (non-hydrogen) atoms. The molecule has 7 aromatic rings. The molecule has 4 heterocycles. The lowest BCUT2D eigenvalue weighted by Crippen LogP contribution is -2.09. The van der Waals surface area contributed by atoms with Gasteiger partial charge in [0.2, 0.25) is 0 Å². The second-order valence-corrected chi connectivity index (χ2v) is 17.3. The van der Waals surface area contributed by atoms with Crippen molar-refractivity contribution in [2.45, 2.75) is 75.0 Å². The van der Waals surface area contributed by atoms with Gasteiger partial charge < -0.3 is 4.90 Å². The second-order valence-electron chi connectivity index (χ2n) is 13.9. The van der Waals surface area contributed by atoms with Crippen molar-refractivity contribution in [3.63, 3.8) is 0 Å². The summed E-state index contributed by atoms with van der Waals surface area (Å²) in [6.07, 6.45) is 14.0. The molecule has 284 valence electrons. The van der Waals surface area contributed by atoms with Crippen molar-refractivity contribution in [3.05, 3.63) is 146 Å². The zero-order valence-electron chi connectivity index (χ0n) is 32.4. The lowest BCUT2D eigenvalue weighted by molar-refractivity contribution is 0.706. The highest BCUT2D eigenvalue weighted by Gasteiger charge is 2.16. The van der Waals surface area contributed by atoms with E-state index in [0.717, 1.165) is 45.4 Å². The molecule has 0 amide bonds. The van der Waals surface area contributed by atoms with Gasteiger partial charge in [-0.25, -0.2) is 4.98 Å². The van der Waals surface area contributed by atoms with Crippen LogP contribution in [0.1, 0.15) is 65.2 Å². The van der Waals surface area contributed by atoms with Crippen LogP contribution in [0.5, 0.6) is 0 Å². The molecule has 0 atom stereocenters. The summed E-state index contributed by atoms with van der Waals surface area (Å²) in [5, 5.41) is 0. The topological polar surface area (TPSA) is 41.9 Å². The van der Waals surface area contributed by atoms with Crippen LogP contribution in [0.15, 0.2) is 156 Å². The van der Waals surface area contributed by atoms with Crippen LogP contribution in [0.2, 0.25) is 0 Å². The highest BCUT2D eigenvalue weighted by Crippen LogP contribution is 2.40. The molecule has 0 saturated carbocycles. The number of hydrogen-bond acceptors (Lipinski definition) is 7. The number of anilines is 3. The average Bonchev–Trinajstić information content (AvgIpc) is 3.76. The van der Waals surface area contributed by atoms with Crippen LogP contribution in [-0.2, 0) is 0 Å². The summed E-state index contributed by atoms with van der Waals surface area (Å²) in [5.41, 5.74) is 9.11. The summed E-state index contributed by atoms with van der Waals surface area (Å²) >= 11 is 5.72. The molecular weight excluding hydrogens is 741 g/mol. The van der Waals surface area contributed by atoms with E-state index in [1.54, 1.807) is 11.3 Å². The number of rotatable bonds is 19. The van der Waals surface area contributed by atoms with E-state index >= 15 is 0 Å². The summed E-state index contributed by atoms with van der Waals surface area (Å²) in [7, 11) is 0. The maximum Gasteiger partial charge on any atom is 0.0900 e. The fourth-order valence-corrected chi connectivity index (χ4v) is 9.48. The van der Waals surface area contributed by atoms with Crippen molar-refractivity contribution in [3.8, 4) is 43.7 Å². The zero-order chi connectivity index (χ0) is 38.4. The normalized spacial score (nSPS) is 11.2. The zero-order valence-corrected chi connectivity index (χ0v) is 34.9. The first-order chi connectivity index (χ1) is 27.7. The lowest BCUT2D eigenvalue weighted by atomic mass is 10.1. The summed E-state index contributed by atoms with van der Waals surface area (Å²) in [6.45, 7) is 4.54. The summed E-state index contributed by atoms with van der Waals surface area (Å²) in [6, 6.07) is 47.8. The predicted octanol–water partition coefficient (Wildman–Crippen LogP) is 15.4. The van der Waals surface area contributed by atoms with Crippen molar-refractivity contribution >= 4 is 51.9 Å². The van der Waals surface area contributed by atoms with Crippen LogP contribution in [-0.4, -0.2) is 26.5 Å². The number of thioether (sulfide) groups is 2. The van der Waals surface area contributed by atoms with E-state index in [9.17, 15) is 0 Å². The maximum absolute atomic E-state index is 4.97. The molecule has 0 saturated heterocycles. The van der Waals surface area contributed by atoms with E-state index in [1.165, 1.54) is 88.0 Å². The van der Waals surface area contributed by atoms with E-state index < -0.39 is 0 Å². The Morgan fingerprint density at radius 3 is 1.38 bits per heavy atom. The minimum Gasteiger partial charge on any atom is -0.311 e. The number of unbranched alkanes of at least 4 members (excludes halogenated alkanes) is 6. The summed E-state index contributed by atoms with van der Waals surface area (Å²) < 4.78 is 0. The van der Waals surface area contributed by atoms with E-state index in [2.05, 4.69) is 126 Å². The molecule has 0 radical (unpaired) electrons. The SMILES string of the molecule is CCCCCCSc1ccc(N(c2ccc(SCCCCCC)cc2)c2ccc(-c3ccc(-c4cc(-c5ccccn5)nc(-c5ccccn5)c4)s3)cc2)cc1. The van der Waals surface area contributed by atoms with E-state index in [0.29, 0.717) is 0 Å². The van der Waals surface area contributed by atoms with Crippen LogP contribution in [0.25, 0.3) is 43.7 Å². The molecule has 4 nitrogen and oxygen atoms in total. The van der Waals surface area contributed by atoms with E-state index in [1.807, 2.05) is 72.3 Å². The highest BCUT2D eigenvalue weighted by molar-refractivity contribution is 7.99. The highest BCUT2D eigenvalue weighted by atomic mass is 32.2. The Morgan fingerprint density at radius 1 is 0.464 bits per heavy atom. The molecule has 0 spiro atoms. The van der Waals surface area contributed by atoms with Crippen molar-refractivity contribution in [1.29, 1.82) is 0 Å². The van der Waals surface area contributed by atoms with Crippen LogP contribution >= 0.6 is 34.9 Å². The van der Waals surface area contributed by atoms with E-state index in [4.69, 9.17) is 4.98 Å². The van der Waals surface area contributed by atoms with Crippen LogP contribution in [0, 0.1) is 0 Å². The Hall–Kier alpha value is -4.69. The molecule has 0 aliphatic carbocycles. The molecule has 0 fully saturated rings. The van der Waals surface area contributed by atoms with Gasteiger partial charge in [0.25, 0.3) is 0 Å². The molecule has 0 aliphatic heterocycles. The smallest absolute Gasteiger partial charge is 0.0900 e. The van der Waals surface area contributed by atoms with Crippen molar-refractivity contribution < 1.29 is 0 Å². The Kier molecular flexibility index (Phi) is 14.5. The molecule has 0 aliphatic rings. The Labute approximate surface area is 345 Å². The number of pyridine rings is 3. The van der Waals surface area contributed by atoms with Crippen molar-refractivity contribution in [2.24, 2.45) is 0 Å². The number of thiophene rings is 1. The number of hydrogen-bond donors (Lipinski definition) is 0. The predicted molar refractivity (Wildman–Crippen MR) is 244 cm³/mol. The monoisotopic (exact) mass is 790 g/mol. The van der Waals surface area contributed by atoms with Gasteiger partial charge in [-0.1, -0.05) is 76.6 Å². The quantitative estimate of drug-likeness (QED) is 0.0600. The third kappa shape index (κ3) is 10.6. The third-order valence-corrected chi connectivity index (χ3v) is 13.1. The minimum absolute atomic E-state index is 0.834. The van der Waals surface area contributed by atoms with Crippen molar-refractivity contribution in [1.82, 2.24) is 15.0 Å². The van der Waals surface area contributed by atoms with Gasteiger partial charge in [-0.3, -0.25) is 9.97 Å². The average molecular weight is 791 g/mol. The third-order valence-electron chi connectivity index (χ3n) is 9.70. The first-order valence-electron chi connectivity index (χ1n) is 20.0. The van der Waals surface area contributed by atoms with Gasteiger partial charge in [-0.05, 0) is 145 Å². The van der Waals surface area contributed by atoms with Gasteiger partial charge in [0.15, 0.2) is 0 Å². The number of aromatic nitrogens is 3. The Balaban J connectivity index is 1.14. The van der Waals surface area contributed by atoms with Gasteiger partial charge in [-0.2, -0.15) is 0 Å². The van der Waals surface area contributed by atoms with Gasteiger partial charge in [0.1, 0.15) is 0 Å². The molecule has 0 unspecified atom stereocenters. The standard InChI is InChI=1S/C49H50N4S3/c1-3-5-7-13-33-54-42-25-21-40(22-26-42)53(41-23-27-43(28-24-41)55-34-14-8-6-4-2)39-19-17-37(18-20-39)48-29-30-49(56-48)38-35-46(44-15-9-11-31-50-44)52-47(36-38)45-16-10-12-32-51-45/h9-12,15-32,35-36H,3-8,13-14,33-34H2,1-2H3. The molecule has 0 N–H and O–H groups in total. The Morgan fingerprint density at radius 2 is 0.929 bits per heavy atom. The second kappa shape index (κ2) is 20.5. The summed E-state index contributed by atoms with van der Waals surface area (Å²) in [4.78, 5) is 21.6. The first-order valence-corrected chi connectivity index (χ1v) is 22.8.